The second-order valence-electron chi connectivity index (χ2n) is 2.51. The summed E-state index contributed by atoms with van der Waals surface area (Å²) in [6, 6.07) is 4.87. The van der Waals surface area contributed by atoms with Crippen LogP contribution in [0.4, 0.5) is 13.2 Å². The normalized spacial score (nSPS) is 11.7. The van der Waals surface area contributed by atoms with E-state index >= 15 is 0 Å². The first-order chi connectivity index (χ1) is 6.04. The van der Waals surface area contributed by atoms with Crippen molar-refractivity contribution in [3.8, 4) is 0 Å². The van der Waals surface area contributed by atoms with Crippen molar-refractivity contribution >= 4 is 9.47 Å². The molecule has 13 heavy (non-hydrogen) atoms. The van der Waals surface area contributed by atoms with E-state index in [0.717, 1.165) is 12.1 Å². The first kappa shape index (κ1) is 10.5. The third kappa shape index (κ3) is 2.98. The van der Waals surface area contributed by atoms with E-state index in [-0.39, 0.29) is 0 Å². The van der Waals surface area contributed by atoms with Gasteiger partial charge in [0.2, 0.25) is 0 Å². The van der Waals surface area contributed by atoms with Crippen LogP contribution in [0, 0.1) is 0 Å². The maximum Gasteiger partial charge on any atom is 0.416 e. The van der Waals surface area contributed by atoms with Crippen molar-refractivity contribution in [1.82, 2.24) is 0 Å². The van der Waals surface area contributed by atoms with E-state index in [2.05, 4.69) is 4.52 Å². The monoisotopic (exact) mass is 208 g/mol. The molecule has 1 nitrogen and oxygen atoms in total. The molecule has 0 aliphatic heterocycles. The molecule has 0 amide bonds. The molecule has 0 bridgehead atoms. The third-order valence-corrected chi connectivity index (χ3v) is 1.70. The summed E-state index contributed by atoms with van der Waals surface area (Å²) in [7, 11) is 2.04. The molecule has 0 aromatic heterocycles. The van der Waals surface area contributed by atoms with E-state index in [0.29, 0.717) is 12.2 Å². The Morgan fingerprint density at radius 1 is 1.15 bits per heavy atom. The number of benzene rings is 1. The fourth-order valence-corrected chi connectivity index (χ4v) is 1.08. The van der Waals surface area contributed by atoms with E-state index < -0.39 is 11.7 Å². The third-order valence-electron chi connectivity index (χ3n) is 1.53. The van der Waals surface area contributed by atoms with Crippen molar-refractivity contribution in [3.63, 3.8) is 0 Å². The lowest BCUT2D eigenvalue weighted by Gasteiger charge is -2.06. The molecule has 0 spiro atoms. The van der Waals surface area contributed by atoms with Crippen molar-refractivity contribution < 1.29 is 17.7 Å². The lowest BCUT2D eigenvalue weighted by atomic mass is 10.1. The van der Waals surface area contributed by atoms with E-state index in [9.17, 15) is 13.2 Å². The lowest BCUT2D eigenvalue weighted by Crippen LogP contribution is -2.04. The van der Waals surface area contributed by atoms with Crippen LogP contribution in [0.3, 0.4) is 0 Å². The summed E-state index contributed by atoms with van der Waals surface area (Å²) in [5, 5.41) is 0. The number of hydrogen-bond acceptors (Lipinski definition) is 1. The maximum absolute atomic E-state index is 12.1. The minimum absolute atomic E-state index is 0.294. The van der Waals surface area contributed by atoms with Crippen LogP contribution in [0.25, 0.3) is 0 Å². The zero-order chi connectivity index (χ0) is 9.90. The van der Waals surface area contributed by atoms with Gasteiger partial charge in [0.25, 0.3) is 0 Å². The van der Waals surface area contributed by atoms with Gasteiger partial charge in [0, 0.05) is 9.47 Å². The predicted molar refractivity (Wildman–Crippen MR) is 45.9 cm³/mol. The molecule has 5 heteroatoms. The van der Waals surface area contributed by atoms with Crippen LogP contribution in [0.5, 0.6) is 0 Å². The molecule has 0 saturated heterocycles. The zero-order valence-electron chi connectivity index (χ0n) is 6.64. The van der Waals surface area contributed by atoms with Crippen LogP contribution in [0.15, 0.2) is 24.3 Å². The summed E-state index contributed by atoms with van der Waals surface area (Å²) < 4.78 is 40.9. The smallest absolute Gasteiger partial charge is 0.361 e. The highest BCUT2D eigenvalue weighted by atomic mass is 31.0. The molecular formula is C8H8F3OP. The van der Waals surface area contributed by atoms with Gasteiger partial charge in [0.15, 0.2) is 0 Å². The van der Waals surface area contributed by atoms with Crippen molar-refractivity contribution in [2.75, 3.05) is 0 Å². The molecule has 1 unspecified atom stereocenters. The zero-order valence-corrected chi connectivity index (χ0v) is 7.79. The van der Waals surface area contributed by atoms with Crippen molar-refractivity contribution in [3.05, 3.63) is 35.4 Å². The Morgan fingerprint density at radius 3 is 2.08 bits per heavy atom. The van der Waals surface area contributed by atoms with Crippen LogP contribution >= 0.6 is 9.47 Å². The van der Waals surface area contributed by atoms with E-state index in [1.54, 1.807) is 0 Å². The second-order valence-corrected chi connectivity index (χ2v) is 2.84. The number of hydrogen-bond donors (Lipinski definition) is 0. The van der Waals surface area contributed by atoms with Crippen LogP contribution in [0.2, 0.25) is 0 Å². The average Bonchev–Trinajstić information content (AvgIpc) is 2.04. The Kier molecular flexibility index (Phi) is 3.28. The highest BCUT2D eigenvalue weighted by Crippen LogP contribution is 2.29. The number of halogens is 3. The SMILES string of the molecule is FC(F)(F)c1ccc(COP)cc1. The number of rotatable bonds is 2. The molecule has 0 fully saturated rings. The number of alkyl halides is 3. The van der Waals surface area contributed by atoms with Gasteiger partial charge in [0.05, 0.1) is 12.2 Å². The van der Waals surface area contributed by atoms with E-state index in [1.165, 1.54) is 12.1 Å². The van der Waals surface area contributed by atoms with Crippen LogP contribution in [0.1, 0.15) is 11.1 Å². The van der Waals surface area contributed by atoms with Gasteiger partial charge < -0.3 is 4.52 Å². The summed E-state index contributed by atoms with van der Waals surface area (Å²) >= 11 is 0. The van der Waals surface area contributed by atoms with Gasteiger partial charge in [-0.3, -0.25) is 0 Å². The molecule has 0 aliphatic rings. The van der Waals surface area contributed by atoms with Crippen molar-refractivity contribution in [2.45, 2.75) is 12.8 Å². The minimum atomic E-state index is -4.26. The summed E-state index contributed by atoms with van der Waals surface area (Å²) in [5.74, 6) is 0. The van der Waals surface area contributed by atoms with Crippen LogP contribution in [-0.2, 0) is 17.3 Å². The van der Waals surface area contributed by atoms with Gasteiger partial charge in [-0.1, -0.05) is 12.1 Å². The Bertz CT molecular complexity index is 268. The molecule has 1 aromatic carbocycles. The van der Waals surface area contributed by atoms with Gasteiger partial charge in [-0.2, -0.15) is 13.2 Å². The molecule has 0 N–H and O–H groups in total. The van der Waals surface area contributed by atoms with Gasteiger partial charge in [-0.05, 0) is 17.7 Å². The molecule has 0 saturated carbocycles. The standard InChI is InChI=1S/C8H8F3OP/c9-8(10,11)7-3-1-6(2-4-7)5-12-13/h1-4H,5,13H2. The van der Waals surface area contributed by atoms with Crippen molar-refractivity contribution in [2.24, 2.45) is 0 Å². The molecule has 1 aromatic rings. The Hall–Kier alpha value is -0.600. The van der Waals surface area contributed by atoms with Gasteiger partial charge in [0.1, 0.15) is 0 Å². The van der Waals surface area contributed by atoms with Crippen molar-refractivity contribution in [1.29, 1.82) is 0 Å². The quantitative estimate of drug-likeness (QED) is 0.679. The molecule has 1 atom stereocenters. The van der Waals surface area contributed by atoms with E-state index in [1.807, 2.05) is 9.47 Å². The van der Waals surface area contributed by atoms with Crippen LogP contribution < -0.4 is 0 Å². The van der Waals surface area contributed by atoms with Gasteiger partial charge in [-0.15, -0.1) is 0 Å². The maximum atomic E-state index is 12.1. The fraction of sp³-hybridized carbons (Fsp3) is 0.250. The molecule has 0 radical (unpaired) electrons. The molecule has 0 aliphatic carbocycles. The highest BCUT2D eigenvalue weighted by Gasteiger charge is 2.29. The van der Waals surface area contributed by atoms with E-state index in [4.69, 9.17) is 0 Å². The summed E-state index contributed by atoms with van der Waals surface area (Å²) in [6.45, 7) is 0.294. The first-order valence-electron chi connectivity index (χ1n) is 3.52. The van der Waals surface area contributed by atoms with Gasteiger partial charge >= 0.3 is 6.18 Å². The Morgan fingerprint density at radius 2 is 1.69 bits per heavy atom. The fourth-order valence-electron chi connectivity index (χ4n) is 0.886. The molecule has 1 rings (SSSR count). The lowest BCUT2D eigenvalue weighted by molar-refractivity contribution is -0.137. The summed E-state index contributed by atoms with van der Waals surface area (Å²) in [5.41, 5.74) is 0.0722. The predicted octanol–water partition coefficient (Wildman–Crippen LogP) is 3.01. The summed E-state index contributed by atoms with van der Waals surface area (Å²) in [6.07, 6.45) is -4.26. The summed E-state index contributed by atoms with van der Waals surface area (Å²) in [4.78, 5) is 0. The van der Waals surface area contributed by atoms with Gasteiger partial charge in [-0.25, -0.2) is 0 Å². The highest BCUT2D eigenvalue weighted by molar-refractivity contribution is 7.09. The molecular weight excluding hydrogens is 200 g/mol. The molecule has 0 heterocycles. The second kappa shape index (κ2) is 4.07. The first-order valence-corrected chi connectivity index (χ1v) is 3.99. The molecule has 72 valence electrons. The average molecular weight is 208 g/mol. The largest absolute Gasteiger partial charge is 0.416 e. The Balaban J connectivity index is 2.81. The Labute approximate surface area is 76.2 Å². The topological polar surface area (TPSA) is 9.23 Å². The minimum Gasteiger partial charge on any atom is -0.361 e. The van der Waals surface area contributed by atoms with Crippen LogP contribution in [-0.4, -0.2) is 0 Å².